The van der Waals surface area contributed by atoms with Crippen molar-refractivity contribution >= 4 is 17.2 Å². The van der Waals surface area contributed by atoms with Gasteiger partial charge in [-0.25, -0.2) is 0 Å². The second-order valence-corrected chi connectivity index (χ2v) is 4.38. The Morgan fingerprint density at radius 3 is 2.56 bits per heavy atom. The van der Waals surface area contributed by atoms with E-state index in [0.717, 1.165) is 37.1 Å². The number of Topliss-reactive ketones (excluding diaryl/α,β-unsaturated/α-hetero) is 1. The fourth-order valence-corrected chi connectivity index (χ4v) is 1.95. The van der Waals surface area contributed by atoms with Crippen molar-refractivity contribution in [1.29, 1.82) is 0 Å². The molecule has 0 amide bonds. The highest BCUT2D eigenvalue weighted by atomic mass is 16.5. The summed E-state index contributed by atoms with van der Waals surface area (Å²) in [5, 5.41) is 4.23. The molecule has 96 valence electrons. The molecule has 18 heavy (non-hydrogen) atoms. The second kappa shape index (κ2) is 6.19. The Kier molecular flexibility index (Phi) is 4.34. The molecule has 0 unspecified atom stereocenters. The fraction of sp³-hybridized carbons (Fsp3) is 0.429. The molecule has 0 bridgehead atoms. The number of carbonyl (C=O) groups is 1. The summed E-state index contributed by atoms with van der Waals surface area (Å²) in [5.41, 5.74) is 4.47. The van der Waals surface area contributed by atoms with Crippen molar-refractivity contribution in [2.24, 2.45) is 5.10 Å². The molecule has 0 radical (unpaired) electrons. The summed E-state index contributed by atoms with van der Waals surface area (Å²) in [4.78, 5) is 11.7. The van der Waals surface area contributed by atoms with Crippen LogP contribution in [0.15, 0.2) is 29.4 Å². The van der Waals surface area contributed by atoms with Crippen LogP contribution in [0.5, 0.6) is 5.75 Å². The van der Waals surface area contributed by atoms with Crippen LogP contribution in [0.2, 0.25) is 0 Å². The van der Waals surface area contributed by atoms with Crippen LogP contribution in [0, 0.1) is 0 Å². The van der Waals surface area contributed by atoms with E-state index >= 15 is 0 Å². The van der Waals surface area contributed by atoms with Gasteiger partial charge in [0.15, 0.2) is 5.78 Å². The lowest BCUT2D eigenvalue weighted by molar-refractivity contribution is -0.113. The van der Waals surface area contributed by atoms with Gasteiger partial charge in [-0.2, -0.15) is 5.10 Å². The molecule has 1 aliphatic rings. The van der Waals surface area contributed by atoms with E-state index in [-0.39, 0.29) is 5.78 Å². The van der Waals surface area contributed by atoms with E-state index in [9.17, 15) is 4.79 Å². The Morgan fingerprint density at radius 1 is 1.11 bits per heavy atom. The van der Waals surface area contributed by atoms with Gasteiger partial charge in [0, 0.05) is 6.42 Å². The molecule has 1 aromatic rings. The van der Waals surface area contributed by atoms with Gasteiger partial charge < -0.3 is 4.74 Å². The van der Waals surface area contributed by atoms with Crippen molar-refractivity contribution in [2.75, 3.05) is 12.5 Å². The highest BCUT2D eigenvalue weighted by Crippen LogP contribution is 2.16. The van der Waals surface area contributed by atoms with E-state index in [1.165, 1.54) is 0 Å². The van der Waals surface area contributed by atoms with Gasteiger partial charge >= 0.3 is 0 Å². The number of hydrogen-bond acceptors (Lipinski definition) is 4. The van der Waals surface area contributed by atoms with Gasteiger partial charge in [0.05, 0.1) is 12.8 Å². The predicted octanol–water partition coefficient (Wildman–Crippen LogP) is 3.00. The molecule has 1 fully saturated rings. The lowest BCUT2D eigenvalue weighted by Crippen LogP contribution is -2.13. The molecule has 0 heterocycles. The van der Waals surface area contributed by atoms with Crippen LogP contribution in [-0.4, -0.2) is 18.6 Å². The first-order chi connectivity index (χ1) is 8.79. The lowest BCUT2D eigenvalue weighted by atomic mass is 10.1. The first kappa shape index (κ1) is 12.6. The Bertz CT molecular complexity index is 438. The number of rotatable bonds is 3. The monoisotopic (exact) mass is 246 g/mol. The second-order valence-electron chi connectivity index (χ2n) is 4.38. The number of nitrogens with zero attached hydrogens (tertiary/aromatic N) is 1. The van der Waals surface area contributed by atoms with E-state index in [2.05, 4.69) is 10.5 Å². The maximum Gasteiger partial charge on any atom is 0.178 e. The summed E-state index contributed by atoms with van der Waals surface area (Å²) in [6.45, 7) is 0. The van der Waals surface area contributed by atoms with Gasteiger partial charge in [-0.15, -0.1) is 0 Å². The zero-order chi connectivity index (χ0) is 12.8. The van der Waals surface area contributed by atoms with Gasteiger partial charge in [0.2, 0.25) is 0 Å². The van der Waals surface area contributed by atoms with Crippen molar-refractivity contribution in [2.45, 2.75) is 32.1 Å². The smallest absolute Gasteiger partial charge is 0.178 e. The number of methoxy groups -OCH3 is 1. The van der Waals surface area contributed by atoms with Gasteiger partial charge in [0.1, 0.15) is 11.5 Å². The number of ketones is 1. The number of ether oxygens (including phenoxy) is 1. The molecule has 4 nitrogen and oxygen atoms in total. The van der Waals surface area contributed by atoms with Crippen LogP contribution >= 0.6 is 0 Å². The van der Waals surface area contributed by atoms with Crippen molar-refractivity contribution < 1.29 is 9.53 Å². The van der Waals surface area contributed by atoms with E-state index in [4.69, 9.17) is 4.74 Å². The van der Waals surface area contributed by atoms with Crippen molar-refractivity contribution in [3.05, 3.63) is 24.3 Å². The molecular weight excluding hydrogens is 228 g/mol. The Balaban J connectivity index is 2.01. The molecular formula is C14H18N2O2. The molecule has 0 aromatic heterocycles. The van der Waals surface area contributed by atoms with Gasteiger partial charge in [-0.05, 0) is 43.5 Å². The highest BCUT2D eigenvalue weighted by Gasteiger charge is 2.14. The van der Waals surface area contributed by atoms with Crippen LogP contribution in [0.1, 0.15) is 32.1 Å². The molecule has 0 saturated heterocycles. The average Bonchev–Trinajstić information content (AvgIpc) is 2.62. The largest absolute Gasteiger partial charge is 0.497 e. The SMILES string of the molecule is COc1ccc(N/N=C2\CCCCCC2=O)cc1. The minimum atomic E-state index is 0.175. The molecule has 1 aliphatic carbocycles. The van der Waals surface area contributed by atoms with Crippen LogP contribution in [-0.2, 0) is 4.79 Å². The summed E-state index contributed by atoms with van der Waals surface area (Å²) in [6, 6.07) is 7.48. The van der Waals surface area contributed by atoms with Crippen LogP contribution in [0.3, 0.4) is 0 Å². The van der Waals surface area contributed by atoms with Crippen LogP contribution < -0.4 is 10.2 Å². The van der Waals surface area contributed by atoms with Crippen molar-refractivity contribution in [3.63, 3.8) is 0 Å². The summed E-state index contributed by atoms with van der Waals surface area (Å²) in [7, 11) is 1.63. The lowest BCUT2D eigenvalue weighted by Gasteiger charge is -2.05. The maximum atomic E-state index is 11.7. The minimum Gasteiger partial charge on any atom is -0.497 e. The van der Waals surface area contributed by atoms with Gasteiger partial charge in [0.25, 0.3) is 0 Å². The first-order valence-electron chi connectivity index (χ1n) is 6.29. The topological polar surface area (TPSA) is 50.7 Å². The van der Waals surface area contributed by atoms with Gasteiger partial charge in [-0.3, -0.25) is 10.2 Å². The van der Waals surface area contributed by atoms with E-state index in [0.29, 0.717) is 12.1 Å². The Labute approximate surface area is 107 Å². The third-order valence-electron chi connectivity index (χ3n) is 3.05. The quantitative estimate of drug-likeness (QED) is 0.659. The highest BCUT2D eigenvalue weighted by molar-refractivity contribution is 6.40. The molecule has 4 heteroatoms. The molecule has 2 rings (SSSR count). The van der Waals surface area contributed by atoms with Crippen LogP contribution in [0.25, 0.3) is 0 Å². The predicted molar refractivity (Wildman–Crippen MR) is 72.1 cm³/mol. The summed E-state index contributed by atoms with van der Waals surface area (Å²) >= 11 is 0. The molecule has 0 atom stereocenters. The number of carbonyl (C=O) groups excluding carboxylic acids is 1. The number of benzene rings is 1. The standard InChI is InChI=1S/C14H18N2O2/c1-18-12-9-7-11(8-10-12)15-16-13-5-3-2-4-6-14(13)17/h7-10,15H,2-6H2,1H3/b16-13+. The number of hydrazone groups is 1. The minimum absolute atomic E-state index is 0.175. The maximum absolute atomic E-state index is 11.7. The number of nitrogens with one attached hydrogen (secondary N) is 1. The van der Waals surface area contributed by atoms with Crippen molar-refractivity contribution in [3.8, 4) is 5.75 Å². The molecule has 0 spiro atoms. The normalized spacial score (nSPS) is 18.5. The Morgan fingerprint density at radius 2 is 1.83 bits per heavy atom. The number of anilines is 1. The zero-order valence-electron chi connectivity index (χ0n) is 10.6. The van der Waals surface area contributed by atoms with Crippen molar-refractivity contribution in [1.82, 2.24) is 0 Å². The fourth-order valence-electron chi connectivity index (χ4n) is 1.95. The molecule has 1 aromatic carbocycles. The third kappa shape index (κ3) is 3.32. The molecule has 1 N–H and O–H groups in total. The molecule has 0 aliphatic heterocycles. The summed E-state index contributed by atoms with van der Waals surface area (Å²) < 4.78 is 5.08. The summed E-state index contributed by atoms with van der Waals surface area (Å²) in [6.07, 6.45) is 4.56. The Hall–Kier alpha value is -1.84. The average molecular weight is 246 g/mol. The van der Waals surface area contributed by atoms with E-state index < -0.39 is 0 Å². The first-order valence-corrected chi connectivity index (χ1v) is 6.29. The summed E-state index contributed by atoms with van der Waals surface area (Å²) in [5.74, 6) is 0.979. The van der Waals surface area contributed by atoms with E-state index in [1.807, 2.05) is 24.3 Å². The molecule has 1 saturated carbocycles. The third-order valence-corrected chi connectivity index (χ3v) is 3.05. The zero-order valence-corrected chi connectivity index (χ0v) is 10.6. The number of hydrogen-bond donors (Lipinski definition) is 1. The van der Waals surface area contributed by atoms with Crippen LogP contribution in [0.4, 0.5) is 5.69 Å². The van der Waals surface area contributed by atoms with E-state index in [1.54, 1.807) is 7.11 Å². The van der Waals surface area contributed by atoms with Gasteiger partial charge in [-0.1, -0.05) is 6.42 Å².